The highest BCUT2D eigenvalue weighted by atomic mass is 32.1. The first-order chi connectivity index (χ1) is 15.0. The maximum absolute atomic E-state index is 13.6. The lowest BCUT2D eigenvalue weighted by Crippen LogP contribution is -2.55. The maximum atomic E-state index is 13.6. The number of aryl methyl sites for hydroxylation is 1. The molecule has 7 rings (SSSR count). The van der Waals surface area contributed by atoms with Gasteiger partial charge in [0, 0.05) is 16.3 Å². The molecule has 0 saturated heterocycles. The number of rotatable bonds is 4. The Hall–Kier alpha value is -2.20. The average Bonchev–Trinajstić information content (AvgIpc) is 3.18. The molecule has 160 valence electrons. The van der Waals surface area contributed by atoms with Crippen LogP contribution in [0.2, 0.25) is 0 Å². The van der Waals surface area contributed by atoms with Gasteiger partial charge in [-0.1, -0.05) is 18.2 Å². The number of fused-ring (bicyclic) bond motifs is 1. The number of amides is 1. The van der Waals surface area contributed by atoms with E-state index in [0.717, 1.165) is 44.8 Å². The molecule has 4 bridgehead atoms. The van der Waals surface area contributed by atoms with Gasteiger partial charge in [0.25, 0.3) is 5.91 Å². The summed E-state index contributed by atoms with van der Waals surface area (Å²) in [5.41, 5.74) is 2.84. The predicted molar refractivity (Wildman–Crippen MR) is 127 cm³/mol. The monoisotopic (exact) mass is 430 g/mol. The summed E-state index contributed by atoms with van der Waals surface area (Å²) in [5.74, 6) is 2.72. The van der Waals surface area contributed by atoms with Gasteiger partial charge in [-0.05, 0) is 99.8 Å². The van der Waals surface area contributed by atoms with E-state index in [9.17, 15) is 4.79 Å². The topological polar surface area (TPSA) is 42.0 Å². The van der Waals surface area contributed by atoms with Crippen LogP contribution >= 0.6 is 11.3 Å². The molecule has 1 unspecified atom stereocenters. The van der Waals surface area contributed by atoms with Crippen molar-refractivity contribution >= 4 is 28.1 Å². The van der Waals surface area contributed by atoms with Gasteiger partial charge in [0.1, 0.15) is 0 Å². The van der Waals surface area contributed by atoms with Gasteiger partial charge >= 0.3 is 0 Å². The number of nitrogens with zero attached hydrogens (tertiary/aromatic N) is 1. The highest BCUT2D eigenvalue weighted by Gasteiger charge is 2.53. The third kappa shape index (κ3) is 3.31. The fourth-order valence-corrected chi connectivity index (χ4v) is 8.03. The minimum atomic E-state index is 0.0522. The molecule has 0 aliphatic heterocycles. The second-order valence-electron chi connectivity index (χ2n) is 10.5. The Bertz CT molecular complexity index is 1130. The van der Waals surface area contributed by atoms with Crippen LogP contribution in [0, 0.1) is 30.1 Å². The summed E-state index contributed by atoms with van der Waals surface area (Å²) in [6.45, 7) is 4.37. The fraction of sp³-hybridized carbons (Fsp3) is 0.481. The van der Waals surface area contributed by atoms with Crippen LogP contribution in [0.3, 0.4) is 0 Å². The lowest BCUT2D eigenvalue weighted by molar-refractivity contribution is -0.0687. The number of carbonyl (C=O) groups is 1. The molecule has 4 heteroatoms. The Labute approximate surface area is 188 Å². The Morgan fingerprint density at radius 1 is 1.06 bits per heavy atom. The van der Waals surface area contributed by atoms with Crippen LogP contribution in [-0.4, -0.2) is 16.9 Å². The molecule has 4 fully saturated rings. The van der Waals surface area contributed by atoms with Gasteiger partial charge in [-0.3, -0.25) is 4.79 Å². The summed E-state index contributed by atoms with van der Waals surface area (Å²) in [6, 6.07) is 14.5. The van der Waals surface area contributed by atoms with Crippen LogP contribution in [0.4, 0.5) is 0 Å². The van der Waals surface area contributed by atoms with Crippen LogP contribution in [0.25, 0.3) is 21.5 Å². The first-order valence-electron chi connectivity index (χ1n) is 11.8. The second kappa shape index (κ2) is 7.16. The Morgan fingerprint density at radius 3 is 2.39 bits per heavy atom. The zero-order chi connectivity index (χ0) is 21.2. The summed E-state index contributed by atoms with van der Waals surface area (Å²) in [6.07, 6.45) is 8.20. The predicted octanol–water partition coefficient (Wildman–Crippen LogP) is 6.61. The Morgan fingerprint density at radius 2 is 1.74 bits per heavy atom. The van der Waals surface area contributed by atoms with E-state index in [0.29, 0.717) is 5.41 Å². The van der Waals surface area contributed by atoms with Gasteiger partial charge in [0.15, 0.2) is 0 Å². The first kappa shape index (κ1) is 19.5. The van der Waals surface area contributed by atoms with E-state index >= 15 is 0 Å². The highest BCUT2D eigenvalue weighted by Crippen LogP contribution is 2.61. The van der Waals surface area contributed by atoms with Gasteiger partial charge < -0.3 is 5.32 Å². The lowest BCUT2D eigenvalue weighted by Gasteiger charge is -2.59. The SMILES string of the molecule is Cc1ccc(-c2cc(C(=O)NC(C)C34CC5CC(CC(C5)C3)C4)c3ccccc3n2)s1. The molecule has 0 radical (unpaired) electrons. The van der Waals surface area contributed by atoms with Crippen molar-refractivity contribution in [2.45, 2.75) is 58.4 Å². The molecule has 2 aromatic heterocycles. The number of para-hydroxylation sites is 1. The molecule has 0 spiro atoms. The van der Waals surface area contributed by atoms with E-state index in [4.69, 9.17) is 4.98 Å². The molecule has 3 aromatic rings. The molecule has 31 heavy (non-hydrogen) atoms. The molecule has 1 amide bonds. The molecule has 2 heterocycles. The third-order valence-corrected chi connectivity index (χ3v) is 9.33. The van der Waals surface area contributed by atoms with Crippen molar-refractivity contribution in [3.05, 3.63) is 52.9 Å². The summed E-state index contributed by atoms with van der Waals surface area (Å²) < 4.78 is 0. The smallest absolute Gasteiger partial charge is 0.252 e. The van der Waals surface area contributed by atoms with Gasteiger partial charge in [-0.25, -0.2) is 4.98 Å². The number of aromatic nitrogens is 1. The molecular formula is C27H30N2OS. The van der Waals surface area contributed by atoms with Gasteiger partial charge in [-0.15, -0.1) is 11.3 Å². The molecular weight excluding hydrogens is 400 g/mol. The molecule has 1 aromatic carbocycles. The Balaban J connectivity index is 1.33. The minimum Gasteiger partial charge on any atom is -0.349 e. The summed E-state index contributed by atoms with van der Waals surface area (Å²) in [7, 11) is 0. The maximum Gasteiger partial charge on any atom is 0.252 e. The van der Waals surface area contributed by atoms with E-state index in [-0.39, 0.29) is 11.9 Å². The number of nitrogens with one attached hydrogen (secondary N) is 1. The van der Waals surface area contributed by atoms with Gasteiger partial charge in [0.2, 0.25) is 0 Å². The molecule has 3 nitrogen and oxygen atoms in total. The normalized spacial score (nSPS) is 29.9. The van der Waals surface area contributed by atoms with Crippen molar-refractivity contribution in [3.63, 3.8) is 0 Å². The quantitative estimate of drug-likeness (QED) is 0.506. The van der Waals surface area contributed by atoms with Crippen LogP contribution in [0.15, 0.2) is 42.5 Å². The average molecular weight is 431 g/mol. The number of pyridine rings is 1. The van der Waals surface area contributed by atoms with E-state index in [1.807, 2.05) is 30.3 Å². The van der Waals surface area contributed by atoms with Crippen LogP contribution < -0.4 is 5.32 Å². The molecule has 1 N–H and O–H groups in total. The lowest BCUT2D eigenvalue weighted by atomic mass is 9.48. The molecule has 1 atom stereocenters. The van der Waals surface area contributed by atoms with Gasteiger partial charge in [0.05, 0.1) is 21.7 Å². The van der Waals surface area contributed by atoms with Crippen molar-refractivity contribution in [1.82, 2.24) is 10.3 Å². The van der Waals surface area contributed by atoms with Crippen molar-refractivity contribution in [1.29, 1.82) is 0 Å². The van der Waals surface area contributed by atoms with E-state index in [2.05, 4.69) is 31.3 Å². The van der Waals surface area contributed by atoms with Crippen molar-refractivity contribution in [2.24, 2.45) is 23.2 Å². The molecule has 4 saturated carbocycles. The van der Waals surface area contributed by atoms with Gasteiger partial charge in [-0.2, -0.15) is 0 Å². The zero-order valence-corrected chi connectivity index (χ0v) is 19.2. The first-order valence-corrected chi connectivity index (χ1v) is 12.6. The Kier molecular flexibility index (Phi) is 4.50. The standard InChI is InChI=1S/C27H30N2OS/c1-16-7-8-25(31-16)24-12-22(21-5-3-4-6-23(21)29-24)26(30)28-17(2)27-13-18-9-19(14-27)11-20(10-18)15-27/h3-8,12,17-20H,9-11,13-15H2,1-2H3,(H,28,30). The largest absolute Gasteiger partial charge is 0.349 e. The van der Waals surface area contributed by atoms with Crippen LogP contribution in [0.5, 0.6) is 0 Å². The molecule has 4 aliphatic carbocycles. The highest BCUT2D eigenvalue weighted by molar-refractivity contribution is 7.15. The van der Waals surface area contributed by atoms with E-state index in [1.165, 1.54) is 43.4 Å². The summed E-state index contributed by atoms with van der Waals surface area (Å²) in [5, 5.41) is 4.41. The number of thiophene rings is 1. The number of hydrogen-bond acceptors (Lipinski definition) is 3. The number of carbonyl (C=O) groups excluding carboxylic acids is 1. The zero-order valence-electron chi connectivity index (χ0n) is 18.4. The van der Waals surface area contributed by atoms with Crippen molar-refractivity contribution < 1.29 is 4.79 Å². The van der Waals surface area contributed by atoms with Crippen LogP contribution in [-0.2, 0) is 0 Å². The van der Waals surface area contributed by atoms with E-state index in [1.54, 1.807) is 11.3 Å². The number of hydrogen-bond donors (Lipinski definition) is 1. The number of benzene rings is 1. The molecule has 4 aliphatic rings. The van der Waals surface area contributed by atoms with Crippen molar-refractivity contribution in [2.75, 3.05) is 0 Å². The van der Waals surface area contributed by atoms with Crippen molar-refractivity contribution in [3.8, 4) is 10.6 Å². The fourth-order valence-electron chi connectivity index (χ4n) is 7.20. The summed E-state index contributed by atoms with van der Waals surface area (Å²) >= 11 is 1.73. The summed E-state index contributed by atoms with van der Waals surface area (Å²) in [4.78, 5) is 20.9. The van der Waals surface area contributed by atoms with E-state index < -0.39 is 0 Å². The third-order valence-electron chi connectivity index (χ3n) is 8.31. The second-order valence-corrected chi connectivity index (χ2v) is 11.7. The minimum absolute atomic E-state index is 0.0522. The van der Waals surface area contributed by atoms with Crippen LogP contribution in [0.1, 0.15) is 60.7 Å².